The Bertz CT molecular complexity index is 633. The van der Waals surface area contributed by atoms with Crippen LogP contribution in [0.2, 0.25) is 0 Å². The number of carbonyl (C=O) groups is 1. The second kappa shape index (κ2) is 9.03. The van der Waals surface area contributed by atoms with Gasteiger partial charge in [-0.15, -0.1) is 0 Å². The molecule has 1 heterocycles. The Morgan fingerprint density at radius 2 is 1.85 bits per heavy atom. The molecule has 0 bridgehead atoms. The summed E-state index contributed by atoms with van der Waals surface area (Å²) in [5, 5.41) is 6.56. The number of nitrogens with one attached hydrogen (secondary N) is 2. The average molecular weight is 358 g/mol. The van der Waals surface area contributed by atoms with Crippen molar-refractivity contribution < 1.29 is 4.79 Å². The van der Waals surface area contributed by atoms with Crippen LogP contribution in [-0.4, -0.2) is 67.5 Å². The lowest BCUT2D eigenvalue weighted by Gasteiger charge is -2.36. The third-order valence-corrected chi connectivity index (χ3v) is 5.13. The Morgan fingerprint density at radius 3 is 2.46 bits per heavy atom. The number of aliphatic imine (C=N–C) groups is 1. The summed E-state index contributed by atoms with van der Waals surface area (Å²) in [7, 11) is 1.84. The number of nitrogens with zero attached hydrogens (tertiary/aromatic N) is 3. The van der Waals surface area contributed by atoms with Gasteiger partial charge in [0.15, 0.2) is 5.96 Å². The normalized spacial score (nSPS) is 18.7. The molecule has 2 fully saturated rings. The van der Waals surface area contributed by atoms with Crippen LogP contribution in [0.15, 0.2) is 29.3 Å². The van der Waals surface area contributed by atoms with Gasteiger partial charge in [-0.2, -0.15) is 0 Å². The third kappa shape index (κ3) is 5.21. The lowest BCUT2D eigenvalue weighted by molar-refractivity contribution is -0.122. The van der Waals surface area contributed by atoms with E-state index in [4.69, 9.17) is 0 Å². The summed E-state index contributed by atoms with van der Waals surface area (Å²) in [6, 6.07) is 8.98. The smallest absolute Gasteiger partial charge is 0.234 e. The Kier molecular flexibility index (Phi) is 6.50. The molecule has 1 aliphatic heterocycles. The van der Waals surface area contributed by atoms with Crippen molar-refractivity contribution in [2.45, 2.75) is 38.8 Å². The van der Waals surface area contributed by atoms with Gasteiger partial charge in [0, 0.05) is 45.8 Å². The molecule has 142 valence electrons. The molecule has 3 rings (SSSR count). The maximum Gasteiger partial charge on any atom is 0.234 e. The van der Waals surface area contributed by atoms with E-state index in [0.717, 1.165) is 57.9 Å². The highest BCUT2D eigenvalue weighted by molar-refractivity contribution is 5.80. The van der Waals surface area contributed by atoms with E-state index in [1.165, 1.54) is 11.1 Å². The molecule has 1 aliphatic carbocycles. The zero-order valence-corrected chi connectivity index (χ0v) is 16.0. The van der Waals surface area contributed by atoms with Gasteiger partial charge in [0.2, 0.25) is 5.91 Å². The highest BCUT2D eigenvalue weighted by Crippen LogP contribution is 2.18. The van der Waals surface area contributed by atoms with Crippen LogP contribution in [0.1, 0.15) is 30.9 Å². The van der Waals surface area contributed by atoms with Crippen LogP contribution < -0.4 is 10.6 Å². The number of piperazine rings is 1. The van der Waals surface area contributed by atoms with Crippen LogP contribution in [-0.2, 0) is 17.8 Å². The van der Waals surface area contributed by atoms with Gasteiger partial charge in [-0.1, -0.05) is 31.2 Å². The number of benzene rings is 1. The predicted molar refractivity (Wildman–Crippen MR) is 105 cm³/mol. The summed E-state index contributed by atoms with van der Waals surface area (Å²) in [5.41, 5.74) is 2.70. The van der Waals surface area contributed by atoms with Crippen molar-refractivity contribution in [3.63, 3.8) is 0 Å². The summed E-state index contributed by atoms with van der Waals surface area (Å²) < 4.78 is 0. The van der Waals surface area contributed by atoms with E-state index in [-0.39, 0.29) is 5.91 Å². The van der Waals surface area contributed by atoms with Crippen LogP contribution in [0, 0.1) is 0 Å². The fraction of sp³-hybridized carbons (Fsp3) is 0.600. The van der Waals surface area contributed by atoms with Gasteiger partial charge in [-0.3, -0.25) is 14.7 Å². The quantitative estimate of drug-likeness (QED) is 0.594. The molecule has 0 radical (unpaired) electrons. The van der Waals surface area contributed by atoms with E-state index in [0.29, 0.717) is 12.6 Å². The van der Waals surface area contributed by atoms with Gasteiger partial charge in [0.1, 0.15) is 0 Å². The first-order valence-corrected chi connectivity index (χ1v) is 9.73. The van der Waals surface area contributed by atoms with Crippen molar-refractivity contribution in [3.8, 4) is 0 Å². The van der Waals surface area contributed by atoms with Crippen molar-refractivity contribution in [1.29, 1.82) is 0 Å². The second-order valence-electron chi connectivity index (χ2n) is 7.13. The summed E-state index contributed by atoms with van der Waals surface area (Å²) in [5.74, 6) is 1.11. The molecule has 1 saturated carbocycles. The summed E-state index contributed by atoms with van der Waals surface area (Å²) >= 11 is 0. The topological polar surface area (TPSA) is 60.0 Å². The maximum atomic E-state index is 12.0. The number of guanidine groups is 1. The summed E-state index contributed by atoms with van der Waals surface area (Å²) in [6.45, 7) is 7.07. The maximum absolute atomic E-state index is 12.0. The molecule has 1 amide bonds. The monoisotopic (exact) mass is 357 g/mol. The van der Waals surface area contributed by atoms with Crippen LogP contribution in [0.3, 0.4) is 0 Å². The van der Waals surface area contributed by atoms with Gasteiger partial charge in [0.25, 0.3) is 0 Å². The lowest BCUT2D eigenvalue weighted by Crippen LogP contribution is -2.54. The van der Waals surface area contributed by atoms with Gasteiger partial charge in [-0.25, -0.2) is 0 Å². The zero-order valence-electron chi connectivity index (χ0n) is 16.0. The first-order chi connectivity index (χ1) is 12.7. The van der Waals surface area contributed by atoms with E-state index >= 15 is 0 Å². The molecule has 0 aromatic heterocycles. The molecule has 0 spiro atoms. The highest BCUT2D eigenvalue weighted by atomic mass is 16.2. The number of aryl methyl sites for hydroxylation is 1. The molecule has 26 heavy (non-hydrogen) atoms. The van der Waals surface area contributed by atoms with E-state index in [9.17, 15) is 4.79 Å². The van der Waals surface area contributed by atoms with E-state index in [1.54, 1.807) is 0 Å². The molecule has 0 unspecified atom stereocenters. The second-order valence-corrected chi connectivity index (χ2v) is 7.13. The average Bonchev–Trinajstić information content (AvgIpc) is 3.47. The van der Waals surface area contributed by atoms with E-state index < -0.39 is 0 Å². The standard InChI is InChI=1S/C20H31N5O/c1-3-16-6-4-5-7-17(16)14-22-20(21-2)25-12-10-24(11-13-25)15-19(26)23-18-8-9-18/h4-7,18H,3,8-15H2,1-2H3,(H,21,22)(H,23,26). The molecular formula is C20H31N5O. The zero-order chi connectivity index (χ0) is 18.4. The summed E-state index contributed by atoms with van der Waals surface area (Å²) in [4.78, 5) is 20.9. The van der Waals surface area contributed by atoms with Crippen molar-refractivity contribution in [1.82, 2.24) is 20.4 Å². The number of amides is 1. The Hall–Kier alpha value is -2.08. The molecule has 2 aliphatic rings. The van der Waals surface area contributed by atoms with E-state index in [2.05, 4.69) is 56.6 Å². The molecule has 2 N–H and O–H groups in total. The van der Waals surface area contributed by atoms with Crippen molar-refractivity contribution in [2.24, 2.45) is 4.99 Å². The molecule has 1 aromatic carbocycles. The molecule has 1 saturated heterocycles. The first-order valence-electron chi connectivity index (χ1n) is 9.73. The number of rotatable bonds is 6. The van der Waals surface area contributed by atoms with Gasteiger partial charge >= 0.3 is 0 Å². The number of carbonyl (C=O) groups excluding carboxylic acids is 1. The van der Waals surface area contributed by atoms with Crippen LogP contribution in [0.25, 0.3) is 0 Å². The molecular weight excluding hydrogens is 326 g/mol. The Balaban J connectivity index is 1.45. The Morgan fingerprint density at radius 1 is 1.15 bits per heavy atom. The third-order valence-electron chi connectivity index (χ3n) is 5.13. The minimum absolute atomic E-state index is 0.166. The lowest BCUT2D eigenvalue weighted by atomic mass is 10.1. The predicted octanol–water partition coefficient (Wildman–Crippen LogP) is 1.22. The van der Waals surface area contributed by atoms with E-state index in [1.807, 2.05) is 7.05 Å². The van der Waals surface area contributed by atoms with Gasteiger partial charge in [-0.05, 0) is 30.4 Å². The minimum atomic E-state index is 0.166. The molecule has 6 nitrogen and oxygen atoms in total. The van der Waals surface area contributed by atoms with Crippen molar-refractivity contribution in [2.75, 3.05) is 39.8 Å². The fourth-order valence-electron chi connectivity index (χ4n) is 3.40. The Labute approximate surface area is 156 Å². The molecule has 6 heteroatoms. The van der Waals surface area contributed by atoms with Crippen LogP contribution in [0.5, 0.6) is 0 Å². The van der Waals surface area contributed by atoms with Crippen LogP contribution >= 0.6 is 0 Å². The first kappa shape index (κ1) is 18.7. The van der Waals surface area contributed by atoms with Gasteiger partial charge < -0.3 is 15.5 Å². The number of hydrogen-bond acceptors (Lipinski definition) is 3. The minimum Gasteiger partial charge on any atom is -0.352 e. The SMILES string of the molecule is CCc1ccccc1CNC(=NC)N1CCN(CC(=O)NC2CC2)CC1. The number of hydrogen-bond donors (Lipinski definition) is 2. The van der Waals surface area contributed by atoms with Crippen LogP contribution in [0.4, 0.5) is 0 Å². The van der Waals surface area contributed by atoms with Gasteiger partial charge in [0.05, 0.1) is 6.54 Å². The van der Waals surface area contributed by atoms with Crippen molar-refractivity contribution in [3.05, 3.63) is 35.4 Å². The highest BCUT2D eigenvalue weighted by Gasteiger charge is 2.25. The molecule has 1 aromatic rings. The summed E-state index contributed by atoms with van der Waals surface area (Å²) in [6.07, 6.45) is 3.32. The fourth-order valence-corrected chi connectivity index (χ4v) is 3.40. The van der Waals surface area contributed by atoms with Crippen molar-refractivity contribution >= 4 is 11.9 Å². The molecule has 0 atom stereocenters. The largest absolute Gasteiger partial charge is 0.352 e.